The third-order valence-corrected chi connectivity index (χ3v) is 1.73. The highest BCUT2D eigenvalue weighted by Crippen LogP contribution is 2.10. The van der Waals surface area contributed by atoms with Crippen LogP contribution in [-0.4, -0.2) is 0 Å². The molecular formula is C10H17N. The van der Waals surface area contributed by atoms with Gasteiger partial charge in [-0.2, -0.15) is 0 Å². The van der Waals surface area contributed by atoms with E-state index in [-0.39, 0.29) is 0 Å². The number of hydrogen-bond donors (Lipinski definition) is 1. The molecule has 0 saturated carbocycles. The molecule has 0 aromatic carbocycles. The lowest BCUT2D eigenvalue weighted by Crippen LogP contribution is -2.01. The summed E-state index contributed by atoms with van der Waals surface area (Å²) in [6.07, 6.45) is 5.45. The first kappa shape index (κ1) is 10.0. The third kappa shape index (κ3) is 3.66. The Hall–Kier alpha value is -0.980. The minimum Gasteiger partial charge on any atom is -0.399 e. The summed E-state index contributed by atoms with van der Waals surface area (Å²) >= 11 is 0. The second-order valence-corrected chi connectivity index (χ2v) is 2.89. The SMILES string of the molecule is C=C/C=C\C(N)=C(/C)C(C)C. The highest BCUT2D eigenvalue weighted by Gasteiger charge is 1.98. The van der Waals surface area contributed by atoms with Crippen molar-refractivity contribution in [2.45, 2.75) is 20.8 Å². The van der Waals surface area contributed by atoms with Crippen molar-refractivity contribution in [3.05, 3.63) is 36.1 Å². The fraction of sp³-hybridized carbons (Fsp3) is 0.400. The molecule has 0 saturated heterocycles. The van der Waals surface area contributed by atoms with Crippen LogP contribution in [0.25, 0.3) is 0 Å². The Morgan fingerprint density at radius 2 is 2.00 bits per heavy atom. The number of hydrogen-bond acceptors (Lipinski definition) is 1. The maximum Gasteiger partial charge on any atom is 0.0305 e. The van der Waals surface area contributed by atoms with Gasteiger partial charge in [0.05, 0.1) is 0 Å². The summed E-state index contributed by atoms with van der Waals surface area (Å²) < 4.78 is 0. The molecule has 0 spiro atoms. The first-order chi connectivity index (χ1) is 5.09. The van der Waals surface area contributed by atoms with Gasteiger partial charge in [-0.05, 0) is 24.5 Å². The molecule has 0 rings (SSSR count). The third-order valence-electron chi connectivity index (χ3n) is 1.73. The fourth-order valence-corrected chi connectivity index (χ4v) is 0.636. The summed E-state index contributed by atoms with van der Waals surface area (Å²) in [5.41, 5.74) is 7.82. The van der Waals surface area contributed by atoms with Crippen LogP contribution < -0.4 is 5.73 Å². The van der Waals surface area contributed by atoms with E-state index >= 15 is 0 Å². The van der Waals surface area contributed by atoms with Crippen molar-refractivity contribution in [2.24, 2.45) is 11.7 Å². The highest BCUT2D eigenvalue weighted by atomic mass is 14.6. The Balaban J connectivity index is 4.39. The largest absolute Gasteiger partial charge is 0.399 e. The molecule has 62 valence electrons. The number of rotatable bonds is 3. The van der Waals surface area contributed by atoms with E-state index in [4.69, 9.17) is 5.73 Å². The molecule has 11 heavy (non-hydrogen) atoms. The molecular weight excluding hydrogens is 134 g/mol. The van der Waals surface area contributed by atoms with E-state index < -0.39 is 0 Å². The smallest absolute Gasteiger partial charge is 0.0305 e. The summed E-state index contributed by atoms with van der Waals surface area (Å²) in [4.78, 5) is 0. The molecule has 0 heterocycles. The average Bonchev–Trinajstić information content (AvgIpc) is 1.98. The Morgan fingerprint density at radius 3 is 2.36 bits per heavy atom. The number of nitrogens with two attached hydrogens (primary N) is 1. The standard InChI is InChI=1S/C10H17N/c1-5-6-7-10(11)9(4)8(2)3/h5-8H,1,11H2,2-4H3/b7-6-,10-9-. The van der Waals surface area contributed by atoms with Gasteiger partial charge in [-0.25, -0.2) is 0 Å². The monoisotopic (exact) mass is 151 g/mol. The molecule has 0 fully saturated rings. The molecule has 0 atom stereocenters. The normalized spacial score (nSPS) is 13.8. The second-order valence-electron chi connectivity index (χ2n) is 2.89. The van der Waals surface area contributed by atoms with Crippen molar-refractivity contribution in [1.82, 2.24) is 0 Å². The topological polar surface area (TPSA) is 26.0 Å². The lowest BCUT2D eigenvalue weighted by atomic mass is 10.0. The first-order valence-corrected chi connectivity index (χ1v) is 3.85. The molecule has 1 nitrogen and oxygen atoms in total. The minimum absolute atomic E-state index is 0.518. The quantitative estimate of drug-likeness (QED) is 0.616. The zero-order chi connectivity index (χ0) is 8.85. The summed E-state index contributed by atoms with van der Waals surface area (Å²) in [6, 6.07) is 0. The molecule has 0 aliphatic heterocycles. The van der Waals surface area contributed by atoms with Crippen LogP contribution in [-0.2, 0) is 0 Å². The second kappa shape index (κ2) is 4.78. The van der Waals surface area contributed by atoms with Crippen LogP contribution in [0.15, 0.2) is 36.1 Å². The molecule has 0 aromatic heterocycles. The van der Waals surface area contributed by atoms with Gasteiger partial charge >= 0.3 is 0 Å². The predicted molar refractivity (Wildman–Crippen MR) is 51.1 cm³/mol. The van der Waals surface area contributed by atoms with Gasteiger partial charge in [0.25, 0.3) is 0 Å². The Labute approximate surface area is 69.3 Å². The Morgan fingerprint density at radius 1 is 1.45 bits per heavy atom. The lowest BCUT2D eigenvalue weighted by molar-refractivity contribution is 0.758. The minimum atomic E-state index is 0.518. The molecule has 2 N–H and O–H groups in total. The fourth-order valence-electron chi connectivity index (χ4n) is 0.636. The highest BCUT2D eigenvalue weighted by molar-refractivity contribution is 5.24. The first-order valence-electron chi connectivity index (χ1n) is 3.85. The summed E-state index contributed by atoms with van der Waals surface area (Å²) in [5, 5.41) is 0. The Bertz CT molecular complexity index is 185. The maximum absolute atomic E-state index is 5.75. The predicted octanol–water partition coefficient (Wildman–Crippen LogP) is 2.62. The summed E-state index contributed by atoms with van der Waals surface area (Å²) in [7, 11) is 0. The van der Waals surface area contributed by atoms with Crippen LogP contribution in [0.3, 0.4) is 0 Å². The van der Waals surface area contributed by atoms with Crippen molar-refractivity contribution in [3.63, 3.8) is 0 Å². The molecule has 0 radical (unpaired) electrons. The van der Waals surface area contributed by atoms with Gasteiger partial charge in [0.15, 0.2) is 0 Å². The maximum atomic E-state index is 5.75. The lowest BCUT2D eigenvalue weighted by Gasteiger charge is -2.06. The van der Waals surface area contributed by atoms with E-state index in [0.717, 1.165) is 5.70 Å². The van der Waals surface area contributed by atoms with Gasteiger partial charge in [-0.1, -0.05) is 32.6 Å². The van der Waals surface area contributed by atoms with Crippen LogP contribution in [0, 0.1) is 5.92 Å². The molecule has 0 aliphatic carbocycles. The summed E-state index contributed by atoms with van der Waals surface area (Å²) in [5.74, 6) is 0.518. The van der Waals surface area contributed by atoms with Gasteiger partial charge in [0.1, 0.15) is 0 Å². The van der Waals surface area contributed by atoms with Gasteiger partial charge in [-0.3, -0.25) is 0 Å². The van der Waals surface area contributed by atoms with Gasteiger partial charge in [0.2, 0.25) is 0 Å². The van der Waals surface area contributed by atoms with Gasteiger partial charge in [0, 0.05) is 5.70 Å². The van der Waals surface area contributed by atoms with Crippen molar-refractivity contribution in [1.29, 1.82) is 0 Å². The van der Waals surface area contributed by atoms with Crippen molar-refractivity contribution < 1.29 is 0 Å². The van der Waals surface area contributed by atoms with E-state index in [0.29, 0.717) is 5.92 Å². The van der Waals surface area contributed by atoms with E-state index in [1.165, 1.54) is 5.57 Å². The average molecular weight is 151 g/mol. The van der Waals surface area contributed by atoms with E-state index in [2.05, 4.69) is 20.4 Å². The van der Waals surface area contributed by atoms with Crippen molar-refractivity contribution in [2.75, 3.05) is 0 Å². The van der Waals surface area contributed by atoms with E-state index in [9.17, 15) is 0 Å². The zero-order valence-corrected chi connectivity index (χ0v) is 7.59. The van der Waals surface area contributed by atoms with Crippen LogP contribution in [0.5, 0.6) is 0 Å². The van der Waals surface area contributed by atoms with Crippen LogP contribution in [0.2, 0.25) is 0 Å². The molecule has 0 amide bonds. The molecule has 0 aromatic rings. The van der Waals surface area contributed by atoms with Crippen LogP contribution in [0.1, 0.15) is 20.8 Å². The molecule has 1 heteroatoms. The zero-order valence-electron chi connectivity index (χ0n) is 7.59. The molecule has 0 aliphatic rings. The molecule has 0 unspecified atom stereocenters. The van der Waals surface area contributed by atoms with Crippen molar-refractivity contribution >= 4 is 0 Å². The summed E-state index contributed by atoms with van der Waals surface area (Å²) in [6.45, 7) is 9.88. The van der Waals surface area contributed by atoms with Gasteiger partial charge in [-0.15, -0.1) is 0 Å². The Kier molecular flexibility index (Phi) is 4.35. The van der Waals surface area contributed by atoms with E-state index in [1.54, 1.807) is 6.08 Å². The van der Waals surface area contributed by atoms with Gasteiger partial charge < -0.3 is 5.73 Å². The number of allylic oxidation sites excluding steroid dienone is 4. The van der Waals surface area contributed by atoms with Crippen molar-refractivity contribution in [3.8, 4) is 0 Å². The van der Waals surface area contributed by atoms with Crippen LogP contribution in [0.4, 0.5) is 0 Å². The van der Waals surface area contributed by atoms with Crippen LogP contribution >= 0.6 is 0 Å². The van der Waals surface area contributed by atoms with E-state index in [1.807, 2.05) is 19.1 Å². The molecule has 0 bridgehead atoms.